The third-order valence-corrected chi connectivity index (χ3v) is 11.8. The van der Waals surface area contributed by atoms with E-state index in [9.17, 15) is 20.4 Å². The van der Waals surface area contributed by atoms with E-state index >= 15 is 0 Å². The first-order valence-corrected chi connectivity index (χ1v) is 13.7. The van der Waals surface area contributed by atoms with Crippen LogP contribution in [-0.4, -0.2) is 44.3 Å². The summed E-state index contributed by atoms with van der Waals surface area (Å²) in [5.41, 5.74) is 1.40. The van der Waals surface area contributed by atoms with Gasteiger partial charge in [-0.1, -0.05) is 53.7 Å². The Labute approximate surface area is 207 Å². The lowest BCUT2D eigenvalue weighted by Crippen LogP contribution is -2.60. The van der Waals surface area contributed by atoms with Gasteiger partial charge in [-0.05, 0) is 97.5 Å². The summed E-state index contributed by atoms with van der Waals surface area (Å²) in [6.45, 7) is 17.3. The van der Waals surface area contributed by atoms with Crippen molar-refractivity contribution >= 4 is 0 Å². The average Bonchev–Trinajstić information content (AvgIpc) is 3.01. The number of allylic oxidation sites excluding steroid dienone is 3. The van der Waals surface area contributed by atoms with Crippen LogP contribution in [0.2, 0.25) is 0 Å². The predicted octanol–water partition coefficient (Wildman–Crippen LogP) is 5.39. The highest BCUT2D eigenvalue weighted by molar-refractivity contribution is 5.50. The van der Waals surface area contributed by atoms with Crippen LogP contribution >= 0.6 is 0 Å². The Balaban J connectivity index is 1.64. The Morgan fingerprint density at radius 2 is 1.65 bits per heavy atom. The normalized spacial score (nSPS) is 45.4. The summed E-state index contributed by atoms with van der Waals surface area (Å²) in [6.07, 6.45) is 9.46. The van der Waals surface area contributed by atoms with Crippen molar-refractivity contribution in [3.63, 3.8) is 0 Å². The van der Waals surface area contributed by atoms with Gasteiger partial charge in [0, 0.05) is 11.8 Å². The maximum atomic E-state index is 11.3. The first-order chi connectivity index (χ1) is 15.5. The summed E-state index contributed by atoms with van der Waals surface area (Å²) in [4.78, 5) is 0. The van der Waals surface area contributed by atoms with Crippen molar-refractivity contribution in [3.05, 3.63) is 23.3 Å². The van der Waals surface area contributed by atoms with Crippen molar-refractivity contribution in [2.45, 2.75) is 124 Å². The first-order valence-electron chi connectivity index (χ1n) is 13.7. The van der Waals surface area contributed by atoms with E-state index in [1.807, 2.05) is 0 Å². The molecule has 4 heteroatoms. The van der Waals surface area contributed by atoms with Crippen molar-refractivity contribution in [1.29, 1.82) is 0 Å². The summed E-state index contributed by atoms with van der Waals surface area (Å²) in [7, 11) is 0. The van der Waals surface area contributed by atoms with Gasteiger partial charge >= 0.3 is 0 Å². The molecule has 4 aliphatic carbocycles. The molecule has 0 radical (unpaired) electrons. The van der Waals surface area contributed by atoms with E-state index in [-0.39, 0.29) is 27.6 Å². The molecule has 4 N–H and O–H groups in total. The predicted molar refractivity (Wildman–Crippen MR) is 137 cm³/mol. The van der Waals surface area contributed by atoms with Crippen LogP contribution in [0.4, 0.5) is 0 Å². The Morgan fingerprint density at radius 1 is 1.00 bits per heavy atom. The van der Waals surface area contributed by atoms with E-state index < -0.39 is 23.9 Å². The quantitative estimate of drug-likeness (QED) is 0.431. The zero-order valence-electron chi connectivity index (χ0n) is 22.9. The Kier molecular flexibility index (Phi) is 6.33. The molecule has 0 amide bonds. The second-order valence-electron chi connectivity index (χ2n) is 14.2. The van der Waals surface area contributed by atoms with Crippen molar-refractivity contribution in [2.75, 3.05) is 0 Å². The van der Waals surface area contributed by atoms with Crippen LogP contribution in [0.5, 0.6) is 0 Å². The van der Waals surface area contributed by atoms with E-state index in [2.05, 4.69) is 53.7 Å². The van der Waals surface area contributed by atoms with Gasteiger partial charge in [0.2, 0.25) is 0 Å². The van der Waals surface area contributed by atoms with Crippen LogP contribution < -0.4 is 0 Å². The molecule has 0 bridgehead atoms. The number of aliphatic hydroxyl groups is 4. The Hall–Kier alpha value is -0.680. The zero-order chi connectivity index (χ0) is 25.5. The lowest BCUT2D eigenvalue weighted by atomic mass is 9.43. The molecular formula is C30H50O4. The topological polar surface area (TPSA) is 80.9 Å². The van der Waals surface area contributed by atoms with Gasteiger partial charge in [-0.25, -0.2) is 0 Å². The van der Waals surface area contributed by atoms with E-state index in [1.165, 1.54) is 17.6 Å². The molecule has 34 heavy (non-hydrogen) atoms. The van der Waals surface area contributed by atoms with Gasteiger partial charge < -0.3 is 20.4 Å². The molecule has 2 saturated carbocycles. The molecule has 0 aromatic heterocycles. The number of fused-ring (bicyclic) bond motifs is 5. The van der Waals surface area contributed by atoms with Gasteiger partial charge in [-0.15, -0.1) is 0 Å². The maximum absolute atomic E-state index is 11.3. The molecule has 0 aliphatic heterocycles. The van der Waals surface area contributed by atoms with E-state index in [4.69, 9.17) is 0 Å². The molecule has 4 aliphatic rings. The van der Waals surface area contributed by atoms with Crippen LogP contribution in [0.15, 0.2) is 23.3 Å². The average molecular weight is 475 g/mol. The van der Waals surface area contributed by atoms with Crippen molar-refractivity contribution in [3.8, 4) is 0 Å². The minimum atomic E-state index is -1.06. The molecule has 9 atom stereocenters. The number of hydrogen-bond acceptors (Lipinski definition) is 4. The largest absolute Gasteiger partial charge is 0.392 e. The minimum absolute atomic E-state index is 0.0682. The van der Waals surface area contributed by atoms with Crippen LogP contribution in [0.25, 0.3) is 0 Å². The second-order valence-corrected chi connectivity index (χ2v) is 14.2. The third kappa shape index (κ3) is 3.53. The van der Waals surface area contributed by atoms with E-state index in [0.717, 1.165) is 25.7 Å². The molecular weight excluding hydrogens is 424 g/mol. The maximum Gasteiger partial charge on any atom is 0.0849 e. The molecule has 0 spiro atoms. The van der Waals surface area contributed by atoms with Gasteiger partial charge in [0.25, 0.3) is 0 Å². The van der Waals surface area contributed by atoms with E-state index in [0.29, 0.717) is 24.7 Å². The van der Waals surface area contributed by atoms with Crippen molar-refractivity contribution < 1.29 is 20.4 Å². The Morgan fingerprint density at radius 3 is 2.26 bits per heavy atom. The minimum Gasteiger partial charge on any atom is -0.392 e. The lowest BCUT2D eigenvalue weighted by molar-refractivity contribution is -0.146. The molecule has 4 rings (SSSR count). The lowest BCUT2D eigenvalue weighted by Gasteiger charge is -2.62. The molecule has 0 aromatic carbocycles. The summed E-state index contributed by atoms with van der Waals surface area (Å²) >= 11 is 0. The van der Waals surface area contributed by atoms with E-state index in [1.54, 1.807) is 13.8 Å². The second kappa shape index (κ2) is 8.16. The molecule has 0 heterocycles. The highest BCUT2D eigenvalue weighted by Gasteiger charge is 2.64. The van der Waals surface area contributed by atoms with Crippen LogP contribution in [0.3, 0.4) is 0 Å². The smallest absolute Gasteiger partial charge is 0.0849 e. The van der Waals surface area contributed by atoms with Crippen molar-refractivity contribution in [2.24, 2.45) is 39.4 Å². The van der Waals surface area contributed by atoms with Crippen molar-refractivity contribution in [1.82, 2.24) is 0 Å². The summed E-state index contributed by atoms with van der Waals surface area (Å²) in [6, 6.07) is 0. The third-order valence-electron chi connectivity index (χ3n) is 11.8. The van der Waals surface area contributed by atoms with Gasteiger partial charge in [0.1, 0.15) is 0 Å². The Bertz CT molecular complexity index is 866. The first kappa shape index (κ1) is 26.4. The van der Waals surface area contributed by atoms with Gasteiger partial charge in [0.15, 0.2) is 0 Å². The fraction of sp³-hybridized carbons (Fsp3) is 0.867. The van der Waals surface area contributed by atoms with Crippen LogP contribution in [0, 0.1) is 39.4 Å². The zero-order valence-corrected chi connectivity index (χ0v) is 22.9. The molecule has 194 valence electrons. The van der Waals surface area contributed by atoms with Gasteiger partial charge in [-0.2, -0.15) is 0 Å². The molecule has 0 saturated heterocycles. The fourth-order valence-electron chi connectivity index (χ4n) is 8.88. The summed E-state index contributed by atoms with van der Waals surface area (Å²) in [5.74, 6) is 1.26. The number of aliphatic hydroxyl groups excluding tert-OH is 3. The molecule has 0 aromatic rings. The van der Waals surface area contributed by atoms with Crippen LogP contribution in [0.1, 0.15) is 100 Å². The monoisotopic (exact) mass is 474 g/mol. The summed E-state index contributed by atoms with van der Waals surface area (Å²) < 4.78 is 0. The number of rotatable bonds is 5. The molecule has 4 nitrogen and oxygen atoms in total. The highest BCUT2D eigenvalue weighted by Crippen LogP contribution is 2.71. The number of hydrogen-bond donors (Lipinski definition) is 4. The highest BCUT2D eigenvalue weighted by atomic mass is 16.3. The van der Waals surface area contributed by atoms with Crippen LogP contribution in [-0.2, 0) is 0 Å². The summed E-state index contributed by atoms with van der Waals surface area (Å²) in [5, 5.41) is 42.7. The SMILES string of the molecule is C[C@H](CC[C@H](O)C(C)(C)O)[C@@H]1CC[C@]2(C)C3=CC[C@H]4C(C)(C)[C@@H](O)C[C@@H](O)[C@]4(C)C3=CC[C@@]12C. The standard InChI is InChI=1S/C30H50O4/c1-18(9-12-23(31)27(4,5)34)19-13-15-29(7)20-10-11-22-26(2,3)24(32)17-25(33)30(22,8)21(20)14-16-28(19,29)6/h10,14,18-19,22-25,31-34H,9,11-13,15-17H2,1-8H3/t18-,19+,22+,23+,24+,25-,28+,29-,30-/m1/s1. The van der Waals surface area contributed by atoms with Gasteiger partial charge in [0.05, 0.1) is 23.9 Å². The molecule has 2 fully saturated rings. The molecule has 0 unspecified atom stereocenters. The van der Waals surface area contributed by atoms with Gasteiger partial charge in [-0.3, -0.25) is 0 Å². The fourth-order valence-corrected chi connectivity index (χ4v) is 8.88.